The van der Waals surface area contributed by atoms with Gasteiger partial charge < -0.3 is 14.5 Å². The van der Waals surface area contributed by atoms with Crippen LogP contribution in [0.1, 0.15) is 69.4 Å². The van der Waals surface area contributed by atoms with Crippen molar-refractivity contribution in [2.24, 2.45) is 5.41 Å². The van der Waals surface area contributed by atoms with E-state index in [1.807, 2.05) is 4.90 Å². The van der Waals surface area contributed by atoms with E-state index in [9.17, 15) is 19.1 Å². The molecule has 1 saturated carbocycles. The molecule has 0 unspecified atom stereocenters. The third-order valence-corrected chi connectivity index (χ3v) is 6.66. The first-order valence-electron chi connectivity index (χ1n) is 10.5. The van der Waals surface area contributed by atoms with E-state index in [1.165, 1.54) is 12.1 Å². The van der Waals surface area contributed by atoms with Gasteiger partial charge in [0, 0.05) is 36.9 Å². The number of aromatic nitrogens is 1. The van der Waals surface area contributed by atoms with Gasteiger partial charge in [-0.1, -0.05) is 24.4 Å². The van der Waals surface area contributed by atoms with E-state index < -0.39 is 5.97 Å². The number of likely N-dealkylation sites (tertiary alicyclic amines) is 1. The summed E-state index contributed by atoms with van der Waals surface area (Å²) in [5.41, 5.74) is 0.901. The highest BCUT2D eigenvalue weighted by molar-refractivity contribution is 5.80. The van der Waals surface area contributed by atoms with Crippen LogP contribution in [0.2, 0.25) is 0 Å². The van der Waals surface area contributed by atoms with Crippen molar-refractivity contribution in [3.05, 3.63) is 29.7 Å². The van der Waals surface area contributed by atoms with Crippen molar-refractivity contribution in [3.63, 3.8) is 0 Å². The largest absolute Gasteiger partial charge is 0.481 e. The molecule has 1 aromatic heterocycles. The summed E-state index contributed by atoms with van der Waals surface area (Å²) in [6, 6.07) is 4.46. The lowest BCUT2D eigenvalue weighted by Crippen LogP contribution is -2.41. The van der Waals surface area contributed by atoms with E-state index >= 15 is 0 Å². The molecule has 2 fully saturated rings. The van der Waals surface area contributed by atoms with Crippen LogP contribution in [0.25, 0.3) is 11.0 Å². The number of hydrogen-bond acceptors (Lipinski definition) is 4. The predicted molar refractivity (Wildman–Crippen MR) is 105 cm³/mol. The molecule has 1 N–H and O–H groups in total. The zero-order valence-electron chi connectivity index (χ0n) is 16.5. The number of carboxylic acids is 1. The minimum Gasteiger partial charge on any atom is -0.481 e. The number of piperidine rings is 1. The Balaban J connectivity index is 1.39. The molecule has 7 heteroatoms. The number of amides is 1. The summed E-state index contributed by atoms with van der Waals surface area (Å²) in [6.45, 7) is 1.25. The van der Waals surface area contributed by atoms with Crippen LogP contribution in [0.15, 0.2) is 22.7 Å². The summed E-state index contributed by atoms with van der Waals surface area (Å²) in [5, 5.41) is 14.3. The summed E-state index contributed by atoms with van der Waals surface area (Å²) in [7, 11) is 0. The van der Waals surface area contributed by atoms with E-state index in [0.717, 1.165) is 56.0 Å². The van der Waals surface area contributed by atoms with Crippen molar-refractivity contribution < 1.29 is 23.6 Å². The van der Waals surface area contributed by atoms with Crippen LogP contribution >= 0.6 is 0 Å². The molecule has 2 aliphatic rings. The van der Waals surface area contributed by atoms with Gasteiger partial charge in [-0.2, -0.15) is 0 Å². The van der Waals surface area contributed by atoms with Crippen LogP contribution in [0, 0.1) is 11.2 Å². The number of aliphatic carboxylic acids is 1. The summed E-state index contributed by atoms with van der Waals surface area (Å²) in [6.07, 6.45) is 6.73. The van der Waals surface area contributed by atoms with Gasteiger partial charge in [0.2, 0.25) is 5.91 Å². The maximum atomic E-state index is 13.4. The van der Waals surface area contributed by atoms with Gasteiger partial charge in [-0.3, -0.25) is 9.59 Å². The van der Waals surface area contributed by atoms with Gasteiger partial charge in [-0.25, -0.2) is 4.39 Å². The molecule has 29 heavy (non-hydrogen) atoms. The number of benzene rings is 1. The molecule has 4 rings (SSSR count). The third-order valence-electron chi connectivity index (χ3n) is 6.66. The Labute approximate surface area is 169 Å². The van der Waals surface area contributed by atoms with Crippen molar-refractivity contribution in [2.75, 3.05) is 13.1 Å². The minimum absolute atomic E-state index is 0.0682. The average molecular weight is 402 g/mol. The smallest absolute Gasteiger partial charge is 0.303 e. The van der Waals surface area contributed by atoms with Crippen molar-refractivity contribution in [1.29, 1.82) is 0 Å². The monoisotopic (exact) mass is 402 g/mol. The SMILES string of the molecule is O=C(O)CC1(CC(=O)N2CCC(c3noc4cc(F)ccc34)CC2)CCCCC1. The highest BCUT2D eigenvalue weighted by Crippen LogP contribution is 2.43. The lowest BCUT2D eigenvalue weighted by Gasteiger charge is -2.38. The number of carbonyl (C=O) groups is 2. The van der Waals surface area contributed by atoms with Crippen LogP contribution < -0.4 is 0 Å². The quantitative estimate of drug-likeness (QED) is 0.797. The van der Waals surface area contributed by atoms with Crippen molar-refractivity contribution >= 4 is 22.8 Å². The normalized spacial score (nSPS) is 20.1. The van der Waals surface area contributed by atoms with Gasteiger partial charge in [-0.05, 0) is 43.2 Å². The molecule has 1 aromatic carbocycles. The molecule has 0 radical (unpaired) electrons. The van der Waals surface area contributed by atoms with Crippen LogP contribution in [0.3, 0.4) is 0 Å². The number of nitrogens with zero attached hydrogens (tertiary/aromatic N) is 2. The van der Waals surface area contributed by atoms with Crippen LogP contribution in [-0.2, 0) is 9.59 Å². The Bertz CT molecular complexity index is 895. The molecule has 0 spiro atoms. The molecular weight excluding hydrogens is 375 g/mol. The van der Waals surface area contributed by atoms with Gasteiger partial charge in [-0.15, -0.1) is 0 Å². The number of fused-ring (bicyclic) bond motifs is 1. The second kappa shape index (κ2) is 8.13. The molecular formula is C22H27FN2O4. The van der Waals surface area contributed by atoms with E-state index in [0.29, 0.717) is 25.1 Å². The fraction of sp³-hybridized carbons (Fsp3) is 0.591. The summed E-state index contributed by atoms with van der Waals surface area (Å²) in [5.74, 6) is -0.918. The van der Waals surface area contributed by atoms with Gasteiger partial charge in [0.05, 0.1) is 12.1 Å². The molecule has 0 atom stereocenters. The number of halogens is 1. The van der Waals surface area contributed by atoms with Crippen LogP contribution in [0.5, 0.6) is 0 Å². The third kappa shape index (κ3) is 4.28. The fourth-order valence-corrected chi connectivity index (χ4v) is 5.10. The highest BCUT2D eigenvalue weighted by Gasteiger charge is 2.38. The van der Waals surface area contributed by atoms with Gasteiger partial charge in [0.25, 0.3) is 0 Å². The minimum atomic E-state index is -0.812. The van der Waals surface area contributed by atoms with Gasteiger partial charge >= 0.3 is 5.97 Å². The molecule has 6 nitrogen and oxygen atoms in total. The van der Waals surface area contributed by atoms with Crippen molar-refractivity contribution in [3.8, 4) is 0 Å². The molecule has 156 valence electrons. The second-order valence-corrected chi connectivity index (χ2v) is 8.67. The first-order chi connectivity index (χ1) is 14.0. The van der Waals surface area contributed by atoms with Crippen molar-refractivity contribution in [2.45, 2.75) is 63.7 Å². The van der Waals surface area contributed by atoms with Crippen LogP contribution in [0.4, 0.5) is 4.39 Å². The first-order valence-corrected chi connectivity index (χ1v) is 10.5. The maximum Gasteiger partial charge on any atom is 0.303 e. The van der Waals surface area contributed by atoms with Crippen LogP contribution in [-0.4, -0.2) is 40.1 Å². The Kier molecular flexibility index (Phi) is 5.56. The molecule has 1 saturated heterocycles. The number of hydrogen-bond donors (Lipinski definition) is 1. The number of rotatable bonds is 5. The standard InChI is InChI=1S/C22H27FN2O4/c23-16-4-5-17-18(12-16)29-24-21(17)15-6-10-25(11-7-15)19(26)13-22(14-20(27)28)8-2-1-3-9-22/h4-5,12,15H,1-3,6-11,13-14H2,(H,27,28). The number of carboxylic acid groups (broad SMARTS) is 1. The Morgan fingerprint density at radius 3 is 2.59 bits per heavy atom. The second-order valence-electron chi connectivity index (χ2n) is 8.67. The summed E-state index contributed by atoms with van der Waals surface area (Å²) >= 11 is 0. The Morgan fingerprint density at radius 2 is 1.90 bits per heavy atom. The highest BCUT2D eigenvalue weighted by atomic mass is 19.1. The number of carbonyl (C=O) groups excluding carboxylic acids is 1. The van der Waals surface area contributed by atoms with Crippen molar-refractivity contribution in [1.82, 2.24) is 10.1 Å². The summed E-state index contributed by atoms with van der Waals surface area (Å²) < 4.78 is 18.6. The molecule has 1 aliphatic carbocycles. The zero-order chi connectivity index (χ0) is 20.4. The lowest BCUT2D eigenvalue weighted by molar-refractivity contribution is -0.142. The molecule has 0 bridgehead atoms. The molecule has 2 heterocycles. The van der Waals surface area contributed by atoms with E-state index in [-0.39, 0.29) is 29.5 Å². The zero-order valence-corrected chi connectivity index (χ0v) is 16.5. The predicted octanol–water partition coefficient (Wildman–Crippen LogP) is 4.49. The average Bonchev–Trinajstić information content (AvgIpc) is 3.11. The fourth-order valence-electron chi connectivity index (χ4n) is 5.10. The Hall–Kier alpha value is -2.44. The maximum absolute atomic E-state index is 13.4. The topological polar surface area (TPSA) is 83.6 Å². The molecule has 2 aromatic rings. The van der Waals surface area contributed by atoms with Gasteiger partial charge in [0.1, 0.15) is 5.82 Å². The van der Waals surface area contributed by atoms with Gasteiger partial charge in [0.15, 0.2) is 5.58 Å². The Morgan fingerprint density at radius 1 is 1.17 bits per heavy atom. The molecule has 1 amide bonds. The summed E-state index contributed by atoms with van der Waals surface area (Å²) in [4.78, 5) is 26.2. The van der Waals surface area contributed by atoms with E-state index in [2.05, 4.69) is 5.16 Å². The lowest BCUT2D eigenvalue weighted by atomic mass is 9.69. The first kappa shape index (κ1) is 19.9. The van der Waals surface area contributed by atoms with E-state index in [1.54, 1.807) is 6.07 Å². The van der Waals surface area contributed by atoms with E-state index in [4.69, 9.17) is 4.52 Å². The molecule has 1 aliphatic heterocycles.